The van der Waals surface area contributed by atoms with E-state index in [9.17, 15) is 4.79 Å². The zero-order chi connectivity index (χ0) is 13.7. The maximum absolute atomic E-state index is 11.9. The largest absolute Gasteiger partial charge is 0.346 e. The van der Waals surface area contributed by atoms with Crippen LogP contribution >= 0.6 is 0 Å². The van der Waals surface area contributed by atoms with Gasteiger partial charge in [0.25, 0.3) is 0 Å². The summed E-state index contributed by atoms with van der Waals surface area (Å²) in [5.41, 5.74) is 0.622. The molecule has 2 nitrogen and oxygen atoms in total. The molecular weight excluding hydrogens is 210 g/mol. The number of carbonyl (C=O) groups is 1. The van der Waals surface area contributed by atoms with Crippen molar-refractivity contribution in [2.45, 2.75) is 67.2 Å². The maximum Gasteiger partial charge on any atom is 0.222 e. The van der Waals surface area contributed by atoms with Crippen LogP contribution in [0.3, 0.4) is 0 Å². The first-order chi connectivity index (χ1) is 7.51. The van der Waals surface area contributed by atoms with Gasteiger partial charge in [0.05, 0.1) is 0 Å². The Labute approximate surface area is 108 Å². The van der Waals surface area contributed by atoms with Crippen molar-refractivity contribution in [2.75, 3.05) is 13.6 Å². The van der Waals surface area contributed by atoms with Crippen molar-refractivity contribution in [1.82, 2.24) is 4.90 Å². The summed E-state index contributed by atoms with van der Waals surface area (Å²) in [4.78, 5) is 13.8. The molecule has 0 spiro atoms. The van der Waals surface area contributed by atoms with Crippen LogP contribution in [0.1, 0.15) is 67.2 Å². The number of carbonyl (C=O) groups excluding carboxylic acids is 1. The topological polar surface area (TPSA) is 20.3 Å². The molecule has 0 aromatic carbocycles. The van der Waals surface area contributed by atoms with Crippen LogP contribution in [-0.2, 0) is 4.79 Å². The summed E-state index contributed by atoms with van der Waals surface area (Å²) >= 11 is 0. The van der Waals surface area contributed by atoms with Crippen LogP contribution in [0.4, 0.5) is 0 Å². The predicted molar refractivity (Wildman–Crippen MR) is 75.0 cm³/mol. The second kappa shape index (κ2) is 6.42. The summed E-state index contributed by atoms with van der Waals surface area (Å²) in [5, 5.41) is 0. The van der Waals surface area contributed by atoms with Crippen LogP contribution in [0.25, 0.3) is 0 Å². The Morgan fingerprint density at radius 1 is 0.941 bits per heavy atom. The molecule has 1 amide bonds. The van der Waals surface area contributed by atoms with Crippen molar-refractivity contribution in [3.05, 3.63) is 0 Å². The Balaban J connectivity index is 3.83. The van der Waals surface area contributed by atoms with Crippen molar-refractivity contribution in [1.29, 1.82) is 0 Å². The lowest BCUT2D eigenvalue weighted by atomic mass is 9.90. The first-order valence-electron chi connectivity index (χ1n) is 6.75. The Kier molecular flexibility index (Phi) is 6.22. The van der Waals surface area contributed by atoms with Gasteiger partial charge in [-0.3, -0.25) is 4.79 Å². The molecule has 102 valence electrons. The van der Waals surface area contributed by atoms with Crippen molar-refractivity contribution in [3.8, 4) is 0 Å². The van der Waals surface area contributed by atoms with E-state index in [1.165, 1.54) is 6.42 Å². The third-order valence-corrected chi connectivity index (χ3v) is 2.93. The monoisotopic (exact) mass is 241 g/mol. The zero-order valence-electron chi connectivity index (χ0n) is 12.9. The summed E-state index contributed by atoms with van der Waals surface area (Å²) in [7, 11) is 1.92. The Bertz CT molecular complexity index is 232. The standard InChI is InChI=1S/C15H31NO/c1-14(2,3)10-8-12-16(7)13(17)9-11-15(4,5)6/h8-12H2,1-7H3. The molecule has 0 fully saturated rings. The Hall–Kier alpha value is -0.530. The molecule has 0 atom stereocenters. The van der Waals surface area contributed by atoms with E-state index in [2.05, 4.69) is 41.5 Å². The van der Waals surface area contributed by atoms with Crippen LogP contribution in [-0.4, -0.2) is 24.4 Å². The van der Waals surface area contributed by atoms with Crippen molar-refractivity contribution in [3.63, 3.8) is 0 Å². The van der Waals surface area contributed by atoms with Crippen molar-refractivity contribution in [2.24, 2.45) is 10.8 Å². The van der Waals surface area contributed by atoms with E-state index in [1.54, 1.807) is 0 Å². The van der Waals surface area contributed by atoms with Crippen LogP contribution in [0.5, 0.6) is 0 Å². The number of nitrogens with zero attached hydrogens (tertiary/aromatic N) is 1. The third kappa shape index (κ3) is 10.3. The van der Waals surface area contributed by atoms with E-state index in [-0.39, 0.29) is 11.3 Å². The van der Waals surface area contributed by atoms with Crippen LogP contribution in [0, 0.1) is 10.8 Å². The van der Waals surface area contributed by atoms with Crippen LogP contribution in [0.15, 0.2) is 0 Å². The molecule has 0 unspecified atom stereocenters. The molecule has 0 aliphatic rings. The molecule has 17 heavy (non-hydrogen) atoms. The smallest absolute Gasteiger partial charge is 0.222 e. The molecule has 0 aliphatic heterocycles. The van der Waals surface area contributed by atoms with Gasteiger partial charge < -0.3 is 4.90 Å². The van der Waals surface area contributed by atoms with Crippen molar-refractivity contribution >= 4 is 5.91 Å². The lowest BCUT2D eigenvalue weighted by Gasteiger charge is -2.23. The van der Waals surface area contributed by atoms with Gasteiger partial charge in [-0.05, 0) is 30.1 Å². The number of rotatable bonds is 5. The van der Waals surface area contributed by atoms with Gasteiger partial charge in [0, 0.05) is 20.0 Å². The summed E-state index contributed by atoms with van der Waals surface area (Å²) in [6, 6.07) is 0. The van der Waals surface area contributed by atoms with E-state index in [0.29, 0.717) is 11.8 Å². The number of hydrogen-bond acceptors (Lipinski definition) is 1. The minimum absolute atomic E-state index is 0.252. The maximum atomic E-state index is 11.9. The SMILES string of the molecule is CN(CCCC(C)(C)C)C(=O)CCC(C)(C)C. The average Bonchev–Trinajstić information content (AvgIpc) is 2.10. The van der Waals surface area contributed by atoms with Gasteiger partial charge in [-0.2, -0.15) is 0 Å². The van der Waals surface area contributed by atoms with Gasteiger partial charge >= 0.3 is 0 Å². The molecule has 0 aliphatic carbocycles. The van der Waals surface area contributed by atoms with E-state index < -0.39 is 0 Å². The Morgan fingerprint density at radius 3 is 1.82 bits per heavy atom. The van der Waals surface area contributed by atoms with Gasteiger partial charge in [0.1, 0.15) is 0 Å². The number of amides is 1. The van der Waals surface area contributed by atoms with Gasteiger partial charge in [-0.25, -0.2) is 0 Å². The highest BCUT2D eigenvalue weighted by Gasteiger charge is 2.16. The van der Waals surface area contributed by atoms with Gasteiger partial charge in [-0.1, -0.05) is 41.5 Å². The molecule has 0 rings (SSSR count). The fraction of sp³-hybridized carbons (Fsp3) is 0.933. The molecule has 0 saturated carbocycles. The zero-order valence-corrected chi connectivity index (χ0v) is 12.9. The van der Waals surface area contributed by atoms with E-state index in [4.69, 9.17) is 0 Å². The van der Waals surface area contributed by atoms with Gasteiger partial charge in [-0.15, -0.1) is 0 Å². The summed E-state index contributed by atoms with van der Waals surface area (Å²) < 4.78 is 0. The molecule has 0 N–H and O–H groups in total. The predicted octanol–water partition coefficient (Wildman–Crippen LogP) is 4.10. The van der Waals surface area contributed by atoms with Gasteiger partial charge in [0.15, 0.2) is 0 Å². The molecule has 0 saturated heterocycles. The van der Waals surface area contributed by atoms with Crippen molar-refractivity contribution < 1.29 is 4.79 Å². The van der Waals surface area contributed by atoms with E-state index >= 15 is 0 Å². The van der Waals surface area contributed by atoms with Crippen LogP contribution in [0.2, 0.25) is 0 Å². The summed E-state index contributed by atoms with van der Waals surface area (Å²) in [6.07, 6.45) is 3.91. The van der Waals surface area contributed by atoms with E-state index in [0.717, 1.165) is 19.4 Å². The first-order valence-corrected chi connectivity index (χ1v) is 6.75. The first kappa shape index (κ1) is 16.5. The normalized spacial score (nSPS) is 12.6. The Morgan fingerprint density at radius 2 is 1.41 bits per heavy atom. The fourth-order valence-electron chi connectivity index (χ4n) is 1.64. The second-order valence-electron chi connectivity index (χ2n) is 7.54. The lowest BCUT2D eigenvalue weighted by Crippen LogP contribution is -2.29. The molecule has 0 radical (unpaired) electrons. The second-order valence-corrected chi connectivity index (χ2v) is 7.54. The molecule has 0 bridgehead atoms. The highest BCUT2D eigenvalue weighted by Crippen LogP contribution is 2.22. The lowest BCUT2D eigenvalue weighted by molar-refractivity contribution is -0.130. The minimum Gasteiger partial charge on any atom is -0.346 e. The fourth-order valence-corrected chi connectivity index (χ4v) is 1.64. The number of hydrogen-bond donors (Lipinski definition) is 0. The minimum atomic E-state index is 0.252. The van der Waals surface area contributed by atoms with E-state index in [1.807, 2.05) is 11.9 Å². The molecular formula is C15H31NO. The molecule has 0 heterocycles. The average molecular weight is 241 g/mol. The van der Waals surface area contributed by atoms with Gasteiger partial charge in [0.2, 0.25) is 5.91 Å². The summed E-state index contributed by atoms with van der Waals surface area (Å²) in [6.45, 7) is 14.2. The highest BCUT2D eigenvalue weighted by atomic mass is 16.2. The molecule has 2 heteroatoms. The van der Waals surface area contributed by atoms with Crippen LogP contribution < -0.4 is 0 Å². The molecule has 0 aromatic heterocycles. The highest BCUT2D eigenvalue weighted by molar-refractivity contribution is 5.75. The molecule has 0 aromatic rings. The summed E-state index contributed by atoms with van der Waals surface area (Å²) in [5.74, 6) is 0.286. The quantitative estimate of drug-likeness (QED) is 0.709. The third-order valence-electron chi connectivity index (χ3n) is 2.93.